The van der Waals surface area contributed by atoms with Crippen molar-refractivity contribution in [2.75, 3.05) is 20.6 Å². The van der Waals surface area contributed by atoms with E-state index in [0.717, 1.165) is 5.56 Å². The van der Waals surface area contributed by atoms with E-state index >= 15 is 0 Å². The molecule has 0 radical (unpaired) electrons. The molecule has 1 aromatic rings. The van der Waals surface area contributed by atoms with Crippen LogP contribution in [0.1, 0.15) is 12.5 Å². The molecule has 2 amide bonds. The van der Waals surface area contributed by atoms with Crippen LogP contribution in [0.15, 0.2) is 30.3 Å². The minimum atomic E-state index is -0.540. The van der Waals surface area contributed by atoms with E-state index in [2.05, 4.69) is 5.32 Å². The smallest absolute Gasteiger partial charge is 0.244 e. The van der Waals surface area contributed by atoms with E-state index in [-0.39, 0.29) is 24.3 Å². The fourth-order valence-corrected chi connectivity index (χ4v) is 1.96. The van der Waals surface area contributed by atoms with Crippen molar-refractivity contribution in [3.63, 3.8) is 0 Å². The topological polar surface area (TPSA) is 75.4 Å². The largest absolute Gasteiger partial charge is 0.347 e. The summed E-state index contributed by atoms with van der Waals surface area (Å²) in [5, 5.41) is 2.72. The van der Waals surface area contributed by atoms with E-state index < -0.39 is 6.04 Å². The summed E-state index contributed by atoms with van der Waals surface area (Å²) < 4.78 is 0. The van der Waals surface area contributed by atoms with Gasteiger partial charge in [0, 0.05) is 20.6 Å². The SMILES string of the molecule is CC(NC(=O)C(CN)Cc1ccccc1)C(=O)N(C)C. The lowest BCUT2D eigenvalue weighted by Gasteiger charge is -2.21. The molecule has 0 aliphatic rings. The van der Waals surface area contributed by atoms with E-state index in [1.165, 1.54) is 4.90 Å². The normalized spacial score (nSPS) is 13.4. The first-order valence-electron chi connectivity index (χ1n) is 6.71. The predicted octanol–water partition coefficient (Wildman–Crippen LogP) is 0.397. The number of carbonyl (C=O) groups excluding carboxylic acids is 2. The van der Waals surface area contributed by atoms with Crippen LogP contribution in [0.4, 0.5) is 0 Å². The van der Waals surface area contributed by atoms with Gasteiger partial charge in [-0.15, -0.1) is 0 Å². The van der Waals surface area contributed by atoms with Gasteiger partial charge in [0.05, 0.1) is 5.92 Å². The highest BCUT2D eigenvalue weighted by Crippen LogP contribution is 2.08. The monoisotopic (exact) mass is 277 g/mol. The second kappa shape index (κ2) is 7.65. The summed E-state index contributed by atoms with van der Waals surface area (Å²) in [7, 11) is 3.32. The Balaban J connectivity index is 2.61. The van der Waals surface area contributed by atoms with Crippen LogP contribution in [-0.4, -0.2) is 43.4 Å². The maximum Gasteiger partial charge on any atom is 0.244 e. The van der Waals surface area contributed by atoms with Gasteiger partial charge in [-0.3, -0.25) is 9.59 Å². The number of hydrogen-bond acceptors (Lipinski definition) is 3. The molecule has 0 saturated heterocycles. The van der Waals surface area contributed by atoms with Gasteiger partial charge in [-0.1, -0.05) is 30.3 Å². The first kappa shape index (κ1) is 16.2. The lowest BCUT2D eigenvalue weighted by molar-refractivity contribution is -0.135. The Morgan fingerprint density at radius 3 is 2.35 bits per heavy atom. The summed E-state index contributed by atoms with van der Waals surface area (Å²) in [6.45, 7) is 1.93. The molecule has 20 heavy (non-hydrogen) atoms. The van der Waals surface area contributed by atoms with Crippen molar-refractivity contribution < 1.29 is 9.59 Å². The first-order valence-corrected chi connectivity index (χ1v) is 6.71. The Hall–Kier alpha value is -1.88. The van der Waals surface area contributed by atoms with Gasteiger partial charge in [-0.2, -0.15) is 0 Å². The molecular weight excluding hydrogens is 254 g/mol. The van der Waals surface area contributed by atoms with Gasteiger partial charge in [-0.25, -0.2) is 0 Å². The summed E-state index contributed by atoms with van der Waals surface area (Å²) in [5.74, 6) is -0.636. The molecule has 1 aromatic carbocycles. The Morgan fingerprint density at radius 1 is 1.25 bits per heavy atom. The summed E-state index contributed by atoms with van der Waals surface area (Å²) in [6, 6.07) is 9.17. The van der Waals surface area contributed by atoms with Crippen molar-refractivity contribution in [1.29, 1.82) is 0 Å². The third-order valence-corrected chi connectivity index (χ3v) is 3.15. The molecule has 0 spiro atoms. The molecule has 2 atom stereocenters. The van der Waals surface area contributed by atoms with E-state index in [1.54, 1.807) is 21.0 Å². The fourth-order valence-electron chi connectivity index (χ4n) is 1.96. The van der Waals surface area contributed by atoms with Gasteiger partial charge in [0.15, 0.2) is 0 Å². The molecule has 0 aliphatic heterocycles. The Labute approximate surface area is 120 Å². The number of nitrogens with two attached hydrogens (primary N) is 1. The van der Waals surface area contributed by atoms with Crippen LogP contribution in [0.3, 0.4) is 0 Å². The molecular formula is C15H23N3O2. The number of amides is 2. The summed E-state index contributed by atoms with van der Waals surface area (Å²) in [4.78, 5) is 25.3. The third kappa shape index (κ3) is 4.66. The Kier molecular flexibility index (Phi) is 6.18. The zero-order chi connectivity index (χ0) is 15.1. The summed E-state index contributed by atoms with van der Waals surface area (Å²) in [6.07, 6.45) is 0.575. The molecule has 0 saturated carbocycles. The van der Waals surface area contributed by atoms with Gasteiger partial charge < -0.3 is 16.0 Å². The van der Waals surface area contributed by atoms with Crippen molar-refractivity contribution in [3.05, 3.63) is 35.9 Å². The van der Waals surface area contributed by atoms with E-state index in [0.29, 0.717) is 6.42 Å². The van der Waals surface area contributed by atoms with Crippen LogP contribution in [0.25, 0.3) is 0 Å². The minimum Gasteiger partial charge on any atom is -0.347 e. The second-order valence-electron chi connectivity index (χ2n) is 5.09. The van der Waals surface area contributed by atoms with Crippen LogP contribution < -0.4 is 11.1 Å². The zero-order valence-electron chi connectivity index (χ0n) is 12.3. The molecule has 5 heteroatoms. The highest BCUT2D eigenvalue weighted by molar-refractivity contribution is 5.88. The number of likely N-dealkylation sites (N-methyl/N-ethyl adjacent to an activating group) is 1. The van der Waals surface area contributed by atoms with Gasteiger partial charge in [0.1, 0.15) is 6.04 Å². The van der Waals surface area contributed by atoms with E-state index in [4.69, 9.17) is 5.73 Å². The van der Waals surface area contributed by atoms with Crippen molar-refractivity contribution in [1.82, 2.24) is 10.2 Å². The average molecular weight is 277 g/mol. The molecule has 0 bridgehead atoms. The zero-order valence-corrected chi connectivity index (χ0v) is 12.3. The summed E-state index contributed by atoms with van der Waals surface area (Å²) >= 11 is 0. The van der Waals surface area contributed by atoms with Gasteiger partial charge in [0.2, 0.25) is 11.8 Å². The van der Waals surface area contributed by atoms with Crippen molar-refractivity contribution in [2.24, 2.45) is 11.7 Å². The van der Waals surface area contributed by atoms with E-state index in [1.807, 2.05) is 30.3 Å². The number of rotatable bonds is 6. The summed E-state index contributed by atoms with van der Waals surface area (Å²) in [5.41, 5.74) is 6.74. The van der Waals surface area contributed by atoms with Gasteiger partial charge in [0.25, 0.3) is 0 Å². The molecule has 110 valence electrons. The molecule has 0 fully saturated rings. The predicted molar refractivity (Wildman–Crippen MR) is 79.0 cm³/mol. The second-order valence-corrected chi connectivity index (χ2v) is 5.09. The third-order valence-electron chi connectivity index (χ3n) is 3.15. The molecule has 3 N–H and O–H groups in total. The van der Waals surface area contributed by atoms with Gasteiger partial charge >= 0.3 is 0 Å². The molecule has 2 unspecified atom stereocenters. The molecule has 0 aliphatic carbocycles. The maximum absolute atomic E-state index is 12.2. The van der Waals surface area contributed by atoms with E-state index in [9.17, 15) is 9.59 Å². The molecule has 0 heterocycles. The van der Waals surface area contributed by atoms with Crippen LogP contribution in [0, 0.1) is 5.92 Å². The molecule has 5 nitrogen and oxygen atoms in total. The highest BCUT2D eigenvalue weighted by atomic mass is 16.2. The highest BCUT2D eigenvalue weighted by Gasteiger charge is 2.22. The Bertz CT molecular complexity index is 446. The first-order chi connectivity index (χ1) is 9.45. The maximum atomic E-state index is 12.2. The number of hydrogen-bond donors (Lipinski definition) is 2. The number of nitrogens with zero attached hydrogens (tertiary/aromatic N) is 1. The number of benzene rings is 1. The van der Waals surface area contributed by atoms with Gasteiger partial charge in [-0.05, 0) is 18.9 Å². The van der Waals surface area contributed by atoms with Crippen LogP contribution in [0.2, 0.25) is 0 Å². The average Bonchev–Trinajstić information content (AvgIpc) is 2.44. The number of nitrogens with one attached hydrogen (secondary N) is 1. The van der Waals surface area contributed by atoms with Crippen molar-refractivity contribution >= 4 is 11.8 Å². The van der Waals surface area contributed by atoms with Crippen LogP contribution in [0.5, 0.6) is 0 Å². The minimum absolute atomic E-state index is 0.131. The van der Waals surface area contributed by atoms with Crippen molar-refractivity contribution in [3.8, 4) is 0 Å². The van der Waals surface area contributed by atoms with Crippen molar-refractivity contribution in [2.45, 2.75) is 19.4 Å². The number of carbonyl (C=O) groups is 2. The Morgan fingerprint density at radius 2 is 1.85 bits per heavy atom. The van der Waals surface area contributed by atoms with Crippen LogP contribution in [-0.2, 0) is 16.0 Å². The molecule has 0 aromatic heterocycles. The quantitative estimate of drug-likeness (QED) is 0.790. The fraction of sp³-hybridized carbons (Fsp3) is 0.467. The molecule has 1 rings (SSSR count). The van der Waals surface area contributed by atoms with Crippen LogP contribution >= 0.6 is 0 Å². The standard InChI is InChI=1S/C15H23N3O2/c1-11(15(20)18(2)3)17-14(19)13(10-16)9-12-7-5-4-6-8-12/h4-8,11,13H,9-10,16H2,1-3H3,(H,17,19). The lowest BCUT2D eigenvalue weighted by Crippen LogP contribution is -2.47. The lowest BCUT2D eigenvalue weighted by atomic mass is 9.98.